The Kier molecular flexibility index (Phi) is 6.31. The van der Waals surface area contributed by atoms with Gasteiger partial charge in [-0.3, -0.25) is 4.21 Å². The molecule has 1 aliphatic carbocycles. The van der Waals surface area contributed by atoms with Crippen molar-refractivity contribution in [2.45, 2.75) is 57.9 Å². The predicted octanol–water partition coefficient (Wildman–Crippen LogP) is 3.36. The zero-order valence-corrected chi connectivity index (χ0v) is 16.3. The number of nitrogens with zero attached hydrogens (tertiary/aromatic N) is 1. The second-order valence-electron chi connectivity index (χ2n) is 7.68. The van der Waals surface area contributed by atoms with Crippen LogP contribution in [-0.2, 0) is 23.2 Å². The fraction of sp³-hybridized carbons (Fsp3) is 0.700. The molecule has 1 saturated heterocycles. The molecule has 4 nitrogen and oxygen atoms in total. The topological polar surface area (TPSA) is 55.4 Å². The SMILES string of the molecule is CCCCCCN1CC2C(C1)C2(CC)c1cccc(CNS(=O)[O-])c1. The highest BCUT2D eigenvalue weighted by Crippen LogP contribution is 2.65. The summed E-state index contributed by atoms with van der Waals surface area (Å²) in [6, 6.07) is 8.54. The lowest BCUT2D eigenvalue weighted by molar-refractivity contribution is 0.263. The Balaban J connectivity index is 1.59. The van der Waals surface area contributed by atoms with Crippen LogP contribution in [0.2, 0.25) is 0 Å². The van der Waals surface area contributed by atoms with Gasteiger partial charge in [0.1, 0.15) is 0 Å². The van der Waals surface area contributed by atoms with Gasteiger partial charge in [0.2, 0.25) is 0 Å². The molecule has 0 spiro atoms. The third kappa shape index (κ3) is 4.00. The molecule has 2 aliphatic rings. The molecule has 3 unspecified atom stereocenters. The van der Waals surface area contributed by atoms with E-state index in [2.05, 4.69) is 41.7 Å². The van der Waals surface area contributed by atoms with Crippen molar-refractivity contribution < 1.29 is 8.76 Å². The lowest BCUT2D eigenvalue weighted by Gasteiger charge is -2.27. The third-order valence-electron chi connectivity index (χ3n) is 6.38. The summed E-state index contributed by atoms with van der Waals surface area (Å²) in [6.45, 7) is 8.67. The molecule has 1 aliphatic heterocycles. The molecular weight excluding hydrogens is 332 g/mol. The fourth-order valence-electron chi connectivity index (χ4n) is 5.03. The first kappa shape index (κ1) is 19.0. The summed E-state index contributed by atoms with van der Waals surface area (Å²) in [6.07, 6.45) is 6.53. The van der Waals surface area contributed by atoms with Crippen LogP contribution in [0.3, 0.4) is 0 Å². The van der Waals surface area contributed by atoms with Gasteiger partial charge in [0.15, 0.2) is 0 Å². The molecule has 0 amide bonds. The molecule has 1 saturated carbocycles. The van der Waals surface area contributed by atoms with Crippen molar-refractivity contribution in [2.24, 2.45) is 11.8 Å². The summed E-state index contributed by atoms with van der Waals surface area (Å²) in [5, 5.41) is 0. The van der Waals surface area contributed by atoms with Crippen LogP contribution in [0, 0.1) is 11.8 Å². The number of nitrogens with one attached hydrogen (secondary N) is 1. The van der Waals surface area contributed by atoms with E-state index in [1.165, 1.54) is 57.3 Å². The van der Waals surface area contributed by atoms with Gasteiger partial charge in [0.25, 0.3) is 0 Å². The number of rotatable bonds is 10. The van der Waals surface area contributed by atoms with Crippen molar-refractivity contribution in [2.75, 3.05) is 19.6 Å². The molecule has 1 N–H and O–H groups in total. The van der Waals surface area contributed by atoms with E-state index >= 15 is 0 Å². The monoisotopic (exact) mass is 363 g/mol. The van der Waals surface area contributed by atoms with E-state index in [1.807, 2.05) is 6.07 Å². The predicted molar refractivity (Wildman–Crippen MR) is 102 cm³/mol. The number of likely N-dealkylation sites (tertiary alicyclic amines) is 1. The van der Waals surface area contributed by atoms with Gasteiger partial charge < -0.3 is 9.45 Å². The number of hydrogen-bond acceptors (Lipinski definition) is 3. The largest absolute Gasteiger partial charge is 0.760 e. The van der Waals surface area contributed by atoms with Crippen molar-refractivity contribution in [1.29, 1.82) is 0 Å². The zero-order valence-electron chi connectivity index (χ0n) is 15.5. The van der Waals surface area contributed by atoms with Crippen molar-refractivity contribution in [3.63, 3.8) is 0 Å². The molecule has 2 fully saturated rings. The molecule has 0 bridgehead atoms. The number of benzene rings is 1. The van der Waals surface area contributed by atoms with Crippen LogP contribution in [0.1, 0.15) is 57.1 Å². The molecule has 5 heteroatoms. The first-order chi connectivity index (χ1) is 12.1. The van der Waals surface area contributed by atoms with E-state index in [1.54, 1.807) is 0 Å². The summed E-state index contributed by atoms with van der Waals surface area (Å²) >= 11 is -2.20. The van der Waals surface area contributed by atoms with E-state index in [-0.39, 0.29) is 0 Å². The van der Waals surface area contributed by atoms with Crippen LogP contribution in [0.15, 0.2) is 24.3 Å². The van der Waals surface area contributed by atoms with Crippen LogP contribution < -0.4 is 4.72 Å². The standard InChI is InChI=1S/C20H32N2O2S/c1-3-5-6-7-11-22-14-18-19(15-22)20(18,4-2)17-10-8-9-16(12-17)13-21-25(23)24/h8-10,12,18-19,21H,3-7,11,13-15H2,1-2H3,(H,23,24)/p-1. The van der Waals surface area contributed by atoms with E-state index in [9.17, 15) is 8.76 Å². The molecule has 140 valence electrons. The fourth-order valence-corrected chi connectivity index (χ4v) is 5.31. The first-order valence-electron chi connectivity index (χ1n) is 9.76. The molecule has 25 heavy (non-hydrogen) atoms. The average Bonchev–Trinajstić information content (AvgIpc) is 3.00. The van der Waals surface area contributed by atoms with Crippen LogP contribution in [-0.4, -0.2) is 33.3 Å². The molecule has 3 rings (SSSR count). The van der Waals surface area contributed by atoms with Gasteiger partial charge in [0.05, 0.1) is 0 Å². The first-order valence-corrected chi connectivity index (χ1v) is 10.8. The number of hydrogen-bond donors (Lipinski definition) is 1. The van der Waals surface area contributed by atoms with Crippen molar-refractivity contribution in [1.82, 2.24) is 9.62 Å². The van der Waals surface area contributed by atoms with Crippen LogP contribution in [0.4, 0.5) is 0 Å². The maximum atomic E-state index is 10.7. The minimum absolute atomic E-state index is 0.326. The maximum Gasteiger partial charge on any atom is 0.0322 e. The number of unbranched alkanes of at least 4 members (excludes halogenated alkanes) is 3. The lowest BCUT2D eigenvalue weighted by Crippen LogP contribution is -2.31. The summed E-state index contributed by atoms with van der Waals surface area (Å²) in [4.78, 5) is 2.66. The van der Waals surface area contributed by atoms with Crippen molar-refractivity contribution >= 4 is 11.3 Å². The van der Waals surface area contributed by atoms with Gasteiger partial charge in [-0.2, -0.15) is 0 Å². The van der Waals surface area contributed by atoms with Crippen LogP contribution in [0.5, 0.6) is 0 Å². The Labute approximate surface area is 154 Å². The van der Waals surface area contributed by atoms with Gasteiger partial charge in [-0.25, -0.2) is 4.72 Å². The molecule has 1 aromatic carbocycles. The summed E-state index contributed by atoms with van der Waals surface area (Å²) < 4.78 is 23.9. The number of piperidine rings is 1. The Morgan fingerprint density at radius 2 is 2.00 bits per heavy atom. The van der Waals surface area contributed by atoms with Gasteiger partial charge >= 0.3 is 0 Å². The second kappa shape index (κ2) is 8.30. The Hall–Kier alpha value is -0.750. The van der Waals surface area contributed by atoms with Gasteiger partial charge in [-0.15, -0.1) is 0 Å². The molecule has 0 aromatic heterocycles. The Bertz CT molecular complexity index is 595. The van der Waals surface area contributed by atoms with E-state index in [0.29, 0.717) is 12.0 Å². The average molecular weight is 364 g/mol. The van der Waals surface area contributed by atoms with E-state index < -0.39 is 11.3 Å². The van der Waals surface area contributed by atoms with Crippen LogP contribution >= 0.6 is 0 Å². The highest BCUT2D eigenvalue weighted by atomic mass is 32.2. The minimum atomic E-state index is -2.20. The Morgan fingerprint density at radius 1 is 1.24 bits per heavy atom. The molecule has 1 heterocycles. The van der Waals surface area contributed by atoms with Gasteiger partial charge in [0, 0.05) is 36.3 Å². The van der Waals surface area contributed by atoms with E-state index in [0.717, 1.165) is 17.4 Å². The minimum Gasteiger partial charge on any atom is -0.760 e. The highest BCUT2D eigenvalue weighted by Gasteiger charge is 2.67. The van der Waals surface area contributed by atoms with Gasteiger partial charge in [-0.05, 0) is 42.3 Å². The van der Waals surface area contributed by atoms with Crippen molar-refractivity contribution in [3.8, 4) is 0 Å². The quantitative estimate of drug-likeness (QED) is 0.512. The smallest absolute Gasteiger partial charge is 0.0322 e. The number of fused-ring (bicyclic) bond motifs is 1. The summed E-state index contributed by atoms with van der Waals surface area (Å²) in [5.74, 6) is 1.56. The molecular formula is C20H31N2O2S-. The van der Waals surface area contributed by atoms with Gasteiger partial charge in [-0.1, -0.05) is 57.4 Å². The molecule has 1 aromatic rings. The maximum absolute atomic E-state index is 10.7. The summed E-state index contributed by atoms with van der Waals surface area (Å²) in [5.41, 5.74) is 2.79. The second-order valence-corrected chi connectivity index (χ2v) is 8.44. The Morgan fingerprint density at radius 3 is 2.64 bits per heavy atom. The third-order valence-corrected chi connectivity index (χ3v) is 6.76. The summed E-state index contributed by atoms with van der Waals surface area (Å²) in [7, 11) is 0. The van der Waals surface area contributed by atoms with Crippen molar-refractivity contribution in [3.05, 3.63) is 35.4 Å². The van der Waals surface area contributed by atoms with E-state index in [4.69, 9.17) is 0 Å². The normalized spacial score (nSPS) is 29.6. The molecule has 3 atom stereocenters. The highest BCUT2D eigenvalue weighted by molar-refractivity contribution is 7.77. The molecule has 0 radical (unpaired) electrons. The zero-order chi connectivity index (χ0) is 17.9. The lowest BCUT2D eigenvalue weighted by atomic mass is 9.86. The van der Waals surface area contributed by atoms with Crippen LogP contribution in [0.25, 0.3) is 0 Å².